The second-order valence-electron chi connectivity index (χ2n) is 4.43. The first kappa shape index (κ1) is 15.9. The number of rotatable bonds is 8. The van der Waals surface area contributed by atoms with Crippen LogP contribution < -0.4 is 21.5 Å². The van der Waals surface area contributed by atoms with Gasteiger partial charge in [-0.3, -0.25) is 4.79 Å². The molecule has 0 aromatic heterocycles. The third kappa shape index (κ3) is 5.25. The summed E-state index contributed by atoms with van der Waals surface area (Å²) >= 11 is 0. The van der Waals surface area contributed by atoms with Crippen molar-refractivity contribution in [2.45, 2.75) is 18.9 Å². The van der Waals surface area contributed by atoms with Gasteiger partial charge in [-0.05, 0) is 12.1 Å². The average molecular weight is 282 g/mol. The highest BCUT2D eigenvalue weighted by atomic mass is 16.4. The first-order valence-corrected chi connectivity index (χ1v) is 6.46. The van der Waals surface area contributed by atoms with Crippen molar-refractivity contribution in [2.24, 2.45) is 0 Å². The third-order valence-corrected chi connectivity index (χ3v) is 2.79. The maximum atomic E-state index is 11.8. The van der Waals surface area contributed by atoms with Crippen molar-refractivity contribution >= 4 is 17.6 Å². The van der Waals surface area contributed by atoms with E-state index in [1.54, 1.807) is 17.4 Å². The lowest BCUT2D eigenvalue weighted by Crippen LogP contribution is -2.93. The van der Waals surface area contributed by atoms with Crippen LogP contribution in [-0.4, -0.2) is 36.1 Å². The molecule has 1 atom stereocenters. The lowest BCUT2D eigenvalue weighted by Gasteiger charge is -2.16. The Morgan fingerprint density at radius 2 is 2.10 bits per heavy atom. The Morgan fingerprint density at radius 1 is 1.40 bits per heavy atom. The zero-order valence-corrected chi connectivity index (χ0v) is 11.2. The van der Waals surface area contributed by atoms with Crippen LogP contribution in [-0.2, 0) is 9.59 Å². The molecule has 7 N–H and O–H groups in total. The highest BCUT2D eigenvalue weighted by Crippen LogP contribution is 2.21. The smallest absolute Gasteiger partial charge is 0.230 e. The maximum absolute atomic E-state index is 11.8. The van der Waals surface area contributed by atoms with E-state index in [0.717, 1.165) is 6.42 Å². The van der Waals surface area contributed by atoms with Gasteiger partial charge >= 0.3 is 0 Å². The van der Waals surface area contributed by atoms with Gasteiger partial charge in [0, 0.05) is 6.42 Å². The van der Waals surface area contributed by atoms with Gasteiger partial charge in [0.15, 0.2) is 0 Å². The summed E-state index contributed by atoms with van der Waals surface area (Å²) in [5, 5.41) is 24.5. The third-order valence-electron chi connectivity index (χ3n) is 2.79. The highest BCUT2D eigenvalue weighted by Gasteiger charge is 2.18. The van der Waals surface area contributed by atoms with Crippen molar-refractivity contribution in [3.63, 3.8) is 0 Å². The molecule has 0 aliphatic carbocycles. The zero-order valence-electron chi connectivity index (χ0n) is 11.2. The van der Waals surface area contributed by atoms with Crippen molar-refractivity contribution in [1.82, 2.24) is 0 Å². The molecule has 7 nitrogen and oxygen atoms in total. The monoisotopic (exact) mass is 282 g/mol. The molecule has 0 bridgehead atoms. The molecular weight excluding hydrogens is 262 g/mol. The quantitative estimate of drug-likeness (QED) is 0.299. The van der Waals surface area contributed by atoms with Crippen molar-refractivity contribution in [1.29, 1.82) is 0 Å². The Balaban J connectivity index is 2.54. The van der Waals surface area contributed by atoms with Crippen LogP contribution in [0.25, 0.3) is 0 Å². The Morgan fingerprint density at radius 3 is 2.70 bits per heavy atom. The number of benzene rings is 1. The van der Waals surface area contributed by atoms with Crippen molar-refractivity contribution in [3.05, 3.63) is 24.3 Å². The van der Waals surface area contributed by atoms with E-state index in [2.05, 4.69) is 11.1 Å². The van der Waals surface area contributed by atoms with Crippen LogP contribution in [0.1, 0.15) is 12.8 Å². The predicted molar refractivity (Wildman–Crippen MR) is 69.3 cm³/mol. The van der Waals surface area contributed by atoms with Crippen LogP contribution in [0.2, 0.25) is 0 Å². The maximum Gasteiger partial charge on any atom is 0.230 e. The molecule has 7 heteroatoms. The number of anilines is 1. The van der Waals surface area contributed by atoms with Crippen LogP contribution in [0.5, 0.6) is 5.75 Å². The lowest BCUT2D eigenvalue weighted by atomic mass is 10.2. The minimum absolute atomic E-state index is 0.0631. The van der Waals surface area contributed by atoms with E-state index in [-0.39, 0.29) is 17.9 Å². The van der Waals surface area contributed by atoms with E-state index in [1.807, 2.05) is 0 Å². The van der Waals surface area contributed by atoms with Gasteiger partial charge in [0.05, 0.1) is 31.2 Å². The first-order valence-electron chi connectivity index (χ1n) is 6.46. The molecule has 1 aromatic rings. The van der Waals surface area contributed by atoms with Crippen LogP contribution in [0.3, 0.4) is 0 Å². The molecule has 1 amide bonds. The number of phenolic OH excluding ortho intramolecular Hbond substituents is 1. The Bertz CT molecular complexity index is 465. The van der Waals surface area contributed by atoms with Gasteiger partial charge in [0.25, 0.3) is 0 Å². The molecule has 20 heavy (non-hydrogen) atoms. The van der Waals surface area contributed by atoms with Crippen molar-refractivity contribution < 1.29 is 30.9 Å². The molecule has 1 aromatic carbocycles. The van der Waals surface area contributed by atoms with Crippen LogP contribution in [0, 0.1) is 0 Å². The fourth-order valence-electron chi connectivity index (χ4n) is 1.71. The number of aliphatic carboxylic acids is 1. The van der Waals surface area contributed by atoms with E-state index in [0.29, 0.717) is 13.1 Å². The molecule has 1 rings (SSSR count). The summed E-state index contributed by atoms with van der Waals surface area (Å²) in [5.41, 5.74) is 3.92. The predicted octanol–water partition coefficient (Wildman–Crippen LogP) is -2.97. The number of aromatic hydroxyl groups is 1. The molecule has 0 spiro atoms. The number of hydrogen-bond donors (Lipinski definition) is 4. The first-order chi connectivity index (χ1) is 9.54. The van der Waals surface area contributed by atoms with Crippen molar-refractivity contribution in [3.8, 4) is 5.75 Å². The topological polar surface area (TPSA) is 134 Å². The van der Waals surface area contributed by atoms with Gasteiger partial charge in [-0.15, -0.1) is 0 Å². The number of hydrogen-bond acceptors (Lipinski definition) is 4. The van der Waals surface area contributed by atoms with E-state index in [4.69, 9.17) is 0 Å². The summed E-state index contributed by atoms with van der Waals surface area (Å²) in [6.45, 7) is 1.28. The highest BCUT2D eigenvalue weighted by molar-refractivity contribution is 5.94. The minimum atomic E-state index is -1.28. The van der Waals surface area contributed by atoms with Gasteiger partial charge in [-0.25, -0.2) is 0 Å². The molecule has 0 saturated heterocycles. The van der Waals surface area contributed by atoms with E-state index in [9.17, 15) is 19.8 Å². The Labute approximate surface area is 116 Å². The fraction of sp³-hybridized carbons (Fsp3) is 0.385. The number of nitrogens with two attached hydrogens (primary N) is 1. The van der Waals surface area contributed by atoms with E-state index >= 15 is 0 Å². The number of quaternary nitrogens is 2. The number of nitrogens with one attached hydrogen (secondary N) is 1. The number of carboxylic acids is 1. The van der Waals surface area contributed by atoms with Crippen LogP contribution in [0.15, 0.2) is 24.3 Å². The molecule has 110 valence electrons. The molecule has 0 aliphatic rings. The molecule has 0 saturated carbocycles. The van der Waals surface area contributed by atoms with Crippen LogP contribution >= 0.6 is 0 Å². The molecule has 0 radical (unpaired) electrons. The Hall–Kier alpha value is -2.12. The zero-order chi connectivity index (χ0) is 15.0. The summed E-state index contributed by atoms with van der Waals surface area (Å²) in [5.74, 6) is -1.82. The fourth-order valence-corrected chi connectivity index (χ4v) is 1.71. The molecule has 0 aliphatic heterocycles. The summed E-state index contributed by atoms with van der Waals surface area (Å²) < 4.78 is 0. The average Bonchev–Trinajstić information content (AvgIpc) is 2.40. The number of carboxylic acid groups (broad SMARTS) is 1. The minimum Gasteiger partial charge on any atom is -0.544 e. The van der Waals surface area contributed by atoms with Crippen molar-refractivity contribution in [2.75, 3.05) is 18.4 Å². The number of carbonyl (C=O) groups is 2. The number of carbonyl (C=O) groups excluding carboxylic acids is 2. The number of para-hydroxylation sites is 2. The molecular formula is C13H20N3O4+. The van der Waals surface area contributed by atoms with Gasteiger partial charge < -0.3 is 31.4 Å². The normalized spacial score (nSPS) is 11.8. The molecule has 0 fully saturated rings. The summed E-state index contributed by atoms with van der Waals surface area (Å²) in [7, 11) is 0. The lowest BCUT2D eigenvalue weighted by molar-refractivity contribution is -0.684. The molecule has 0 heterocycles. The van der Waals surface area contributed by atoms with E-state index < -0.39 is 17.9 Å². The number of amides is 1. The summed E-state index contributed by atoms with van der Waals surface area (Å²) in [4.78, 5) is 22.7. The van der Waals surface area contributed by atoms with Gasteiger partial charge in [-0.1, -0.05) is 12.1 Å². The van der Waals surface area contributed by atoms with E-state index in [1.165, 1.54) is 12.1 Å². The standard InChI is InChI=1S/C13H19N3O4/c14-6-3-7-15-10(13(19)20)8-12(18)16-9-4-1-2-5-11(9)17/h1-2,4-5,10,15,17H,3,6-8,14H2,(H,16,18)(H,19,20)/p+1/t10-/m0/s1. The second kappa shape index (κ2) is 8.13. The van der Waals surface area contributed by atoms with Gasteiger partial charge in [-0.2, -0.15) is 0 Å². The van der Waals surface area contributed by atoms with Gasteiger partial charge in [0.2, 0.25) is 5.91 Å². The molecule has 0 unspecified atom stereocenters. The van der Waals surface area contributed by atoms with Gasteiger partial charge in [0.1, 0.15) is 11.8 Å². The SMILES string of the molecule is [NH3+]CCC[NH2+][C@@H](CC(=O)Nc1ccccc1O)C(=O)[O-]. The summed E-state index contributed by atoms with van der Waals surface area (Å²) in [6.07, 6.45) is 0.554. The van der Waals surface area contributed by atoms with Crippen LogP contribution in [0.4, 0.5) is 5.69 Å². The number of phenols is 1. The largest absolute Gasteiger partial charge is 0.544 e. The second-order valence-corrected chi connectivity index (χ2v) is 4.43. The summed E-state index contributed by atoms with van der Waals surface area (Å²) in [6, 6.07) is 5.32. The Kier molecular flexibility index (Phi) is 6.48.